The number of anilines is 1. The topological polar surface area (TPSA) is 37.4 Å². The molecule has 0 amide bonds. The maximum atomic E-state index is 5.51. The molecule has 1 aromatic rings. The van der Waals surface area contributed by atoms with Gasteiger partial charge in [0.05, 0.1) is 12.7 Å². The minimum atomic E-state index is 0.296. The highest BCUT2D eigenvalue weighted by atomic mass is 32.1. The predicted octanol–water partition coefficient (Wildman–Crippen LogP) is 1.72. The second-order valence-corrected chi connectivity index (χ2v) is 5.07. The van der Waals surface area contributed by atoms with E-state index in [1.165, 1.54) is 4.88 Å². The van der Waals surface area contributed by atoms with Crippen LogP contribution in [0.1, 0.15) is 18.7 Å². The van der Waals surface area contributed by atoms with Crippen LogP contribution in [0.2, 0.25) is 0 Å². The summed E-state index contributed by atoms with van der Waals surface area (Å²) < 4.78 is 5.51. The van der Waals surface area contributed by atoms with Gasteiger partial charge >= 0.3 is 0 Å². The smallest absolute Gasteiger partial charge is 0.185 e. The third kappa shape index (κ3) is 4.47. The van der Waals surface area contributed by atoms with Crippen molar-refractivity contribution in [2.45, 2.75) is 26.5 Å². The zero-order chi connectivity index (χ0) is 12.0. The first-order chi connectivity index (χ1) is 7.63. The van der Waals surface area contributed by atoms with E-state index in [-0.39, 0.29) is 0 Å². The second-order valence-electron chi connectivity index (χ2n) is 3.98. The molecule has 5 heteroatoms. The Bertz CT molecular complexity index is 301. The van der Waals surface area contributed by atoms with Gasteiger partial charge in [-0.1, -0.05) is 0 Å². The Kier molecular flexibility index (Phi) is 5.73. The molecule has 0 radical (unpaired) electrons. The van der Waals surface area contributed by atoms with Crippen molar-refractivity contribution in [1.82, 2.24) is 10.3 Å². The largest absolute Gasteiger partial charge is 0.377 e. The van der Waals surface area contributed by atoms with Gasteiger partial charge in [0.1, 0.15) is 0 Å². The first kappa shape index (κ1) is 13.4. The molecule has 1 rings (SSSR count). The third-order valence-corrected chi connectivity index (χ3v) is 3.21. The van der Waals surface area contributed by atoms with Crippen LogP contribution in [-0.2, 0) is 11.3 Å². The number of rotatable bonds is 7. The lowest BCUT2D eigenvalue weighted by Crippen LogP contribution is -2.23. The highest BCUT2D eigenvalue weighted by Gasteiger charge is 2.06. The van der Waals surface area contributed by atoms with Crippen LogP contribution in [0.4, 0.5) is 5.13 Å². The standard InChI is InChI=1S/C11H21N3OS/c1-9(2)15-6-5-14(4)11-13-8-10(16-11)7-12-3/h8-9,12H,5-7H2,1-4H3. The van der Waals surface area contributed by atoms with Crippen molar-refractivity contribution in [2.75, 3.05) is 32.1 Å². The van der Waals surface area contributed by atoms with Crippen LogP contribution < -0.4 is 10.2 Å². The fourth-order valence-electron chi connectivity index (χ4n) is 1.25. The number of hydrogen-bond donors (Lipinski definition) is 1. The molecule has 0 unspecified atom stereocenters. The number of ether oxygens (including phenoxy) is 1. The van der Waals surface area contributed by atoms with Gasteiger partial charge in [0, 0.05) is 31.2 Å². The van der Waals surface area contributed by atoms with Gasteiger partial charge in [-0.3, -0.25) is 0 Å². The second kappa shape index (κ2) is 6.83. The number of nitrogens with one attached hydrogen (secondary N) is 1. The van der Waals surface area contributed by atoms with E-state index in [9.17, 15) is 0 Å². The SMILES string of the molecule is CNCc1cnc(N(C)CCOC(C)C)s1. The minimum Gasteiger partial charge on any atom is -0.377 e. The first-order valence-corrected chi connectivity index (χ1v) is 6.37. The molecule has 0 spiro atoms. The van der Waals surface area contributed by atoms with E-state index in [1.54, 1.807) is 11.3 Å². The molecule has 0 aromatic carbocycles. The number of thiazole rings is 1. The van der Waals surface area contributed by atoms with Crippen molar-refractivity contribution >= 4 is 16.5 Å². The zero-order valence-electron chi connectivity index (χ0n) is 10.5. The van der Waals surface area contributed by atoms with Crippen molar-refractivity contribution in [2.24, 2.45) is 0 Å². The van der Waals surface area contributed by atoms with Crippen LogP contribution >= 0.6 is 11.3 Å². The molecule has 1 heterocycles. The molecule has 1 N–H and O–H groups in total. The molecule has 16 heavy (non-hydrogen) atoms. The van der Waals surface area contributed by atoms with E-state index in [2.05, 4.69) is 29.0 Å². The van der Waals surface area contributed by atoms with E-state index in [0.29, 0.717) is 6.10 Å². The molecule has 1 aromatic heterocycles. The summed E-state index contributed by atoms with van der Waals surface area (Å²) in [6.45, 7) is 6.61. The summed E-state index contributed by atoms with van der Waals surface area (Å²) in [5.41, 5.74) is 0. The van der Waals surface area contributed by atoms with E-state index in [1.807, 2.05) is 20.3 Å². The highest BCUT2D eigenvalue weighted by Crippen LogP contribution is 2.20. The van der Waals surface area contributed by atoms with E-state index in [0.717, 1.165) is 24.8 Å². The molecule has 0 aliphatic rings. The van der Waals surface area contributed by atoms with Crippen LogP contribution in [0.3, 0.4) is 0 Å². The maximum Gasteiger partial charge on any atom is 0.185 e. The van der Waals surface area contributed by atoms with Gasteiger partial charge in [-0.25, -0.2) is 4.98 Å². The monoisotopic (exact) mass is 243 g/mol. The molecule has 0 saturated heterocycles. The summed E-state index contributed by atoms with van der Waals surface area (Å²) in [5, 5.41) is 4.17. The lowest BCUT2D eigenvalue weighted by atomic mass is 10.5. The number of hydrogen-bond acceptors (Lipinski definition) is 5. The Morgan fingerprint density at radius 1 is 1.56 bits per heavy atom. The number of aromatic nitrogens is 1. The third-order valence-electron chi connectivity index (χ3n) is 2.10. The van der Waals surface area contributed by atoms with Crippen molar-refractivity contribution in [3.63, 3.8) is 0 Å². The lowest BCUT2D eigenvalue weighted by molar-refractivity contribution is 0.0846. The average molecular weight is 243 g/mol. The zero-order valence-corrected chi connectivity index (χ0v) is 11.3. The van der Waals surface area contributed by atoms with Crippen molar-refractivity contribution in [3.8, 4) is 0 Å². The van der Waals surface area contributed by atoms with E-state index >= 15 is 0 Å². The fourth-order valence-corrected chi connectivity index (χ4v) is 2.16. The Labute approximate surface area is 102 Å². The lowest BCUT2D eigenvalue weighted by Gasteiger charge is -2.16. The first-order valence-electron chi connectivity index (χ1n) is 5.55. The predicted molar refractivity (Wildman–Crippen MR) is 69.2 cm³/mol. The average Bonchev–Trinajstić information content (AvgIpc) is 2.66. The normalized spacial score (nSPS) is 11.1. The molecule has 0 aliphatic carbocycles. The van der Waals surface area contributed by atoms with E-state index in [4.69, 9.17) is 4.74 Å². The van der Waals surface area contributed by atoms with Crippen LogP contribution in [0.25, 0.3) is 0 Å². The number of nitrogens with zero attached hydrogens (tertiary/aromatic N) is 2. The van der Waals surface area contributed by atoms with Gasteiger partial charge in [-0.15, -0.1) is 11.3 Å². The van der Waals surface area contributed by atoms with Gasteiger partial charge in [-0.05, 0) is 20.9 Å². The summed E-state index contributed by atoms with van der Waals surface area (Å²) in [5.74, 6) is 0. The summed E-state index contributed by atoms with van der Waals surface area (Å²) in [6.07, 6.45) is 2.22. The van der Waals surface area contributed by atoms with Gasteiger partial charge in [0.25, 0.3) is 0 Å². The molecule has 4 nitrogen and oxygen atoms in total. The summed E-state index contributed by atoms with van der Waals surface area (Å²) >= 11 is 1.72. The maximum absolute atomic E-state index is 5.51. The summed E-state index contributed by atoms with van der Waals surface area (Å²) in [7, 11) is 3.99. The summed E-state index contributed by atoms with van der Waals surface area (Å²) in [6, 6.07) is 0. The Morgan fingerprint density at radius 2 is 2.31 bits per heavy atom. The quantitative estimate of drug-likeness (QED) is 0.791. The van der Waals surface area contributed by atoms with E-state index < -0.39 is 0 Å². The van der Waals surface area contributed by atoms with Crippen molar-refractivity contribution in [3.05, 3.63) is 11.1 Å². The molecular weight excluding hydrogens is 222 g/mol. The van der Waals surface area contributed by atoms with Gasteiger partial charge < -0.3 is 15.0 Å². The minimum absolute atomic E-state index is 0.296. The van der Waals surface area contributed by atoms with Crippen LogP contribution in [0.5, 0.6) is 0 Å². The Morgan fingerprint density at radius 3 is 2.94 bits per heavy atom. The molecule has 0 atom stereocenters. The Hall–Kier alpha value is -0.650. The molecule has 0 saturated carbocycles. The van der Waals surface area contributed by atoms with Gasteiger partial charge in [0.2, 0.25) is 0 Å². The highest BCUT2D eigenvalue weighted by molar-refractivity contribution is 7.15. The number of likely N-dealkylation sites (N-methyl/N-ethyl adjacent to an activating group) is 1. The summed E-state index contributed by atoms with van der Waals surface area (Å²) in [4.78, 5) is 7.77. The Balaban J connectivity index is 2.36. The fraction of sp³-hybridized carbons (Fsp3) is 0.727. The van der Waals surface area contributed by atoms with Gasteiger partial charge in [-0.2, -0.15) is 0 Å². The van der Waals surface area contributed by atoms with Crippen LogP contribution in [0.15, 0.2) is 6.20 Å². The molecule has 0 fully saturated rings. The molecule has 92 valence electrons. The van der Waals surface area contributed by atoms with Crippen molar-refractivity contribution in [1.29, 1.82) is 0 Å². The van der Waals surface area contributed by atoms with Crippen LogP contribution in [-0.4, -0.2) is 38.3 Å². The molecule has 0 bridgehead atoms. The van der Waals surface area contributed by atoms with Crippen LogP contribution in [0, 0.1) is 0 Å². The molecule has 0 aliphatic heterocycles. The van der Waals surface area contributed by atoms with Crippen molar-refractivity contribution < 1.29 is 4.74 Å². The molecular formula is C11H21N3OS. The van der Waals surface area contributed by atoms with Gasteiger partial charge in [0.15, 0.2) is 5.13 Å².